The van der Waals surface area contributed by atoms with Crippen molar-refractivity contribution in [2.45, 2.75) is 36.6 Å². The lowest BCUT2D eigenvalue weighted by Gasteiger charge is -2.32. The van der Waals surface area contributed by atoms with Crippen molar-refractivity contribution in [2.75, 3.05) is 25.9 Å². The Morgan fingerprint density at radius 3 is 2.26 bits per heavy atom. The fraction of sp³-hybridized carbons (Fsp3) is 0.588. The molecule has 1 aromatic rings. The molecule has 2 fully saturated rings. The van der Waals surface area contributed by atoms with Gasteiger partial charge in [-0.25, -0.2) is 8.42 Å². The van der Waals surface area contributed by atoms with Crippen LogP contribution in [0.25, 0.3) is 0 Å². The van der Waals surface area contributed by atoms with Gasteiger partial charge >= 0.3 is 0 Å². The van der Waals surface area contributed by atoms with Gasteiger partial charge in [0.15, 0.2) is 9.84 Å². The monoisotopic (exact) mass is 336 g/mol. The first-order chi connectivity index (χ1) is 10.9. The maximum Gasteiger partial charge on any atom is 0.253 e. The van der Waals surface area contributed by atoms with Crippen molar-refractivity contribution in [3.8, 4) is 0 Å². The smallest absolute Gasteiger partial charge is 0.253 e. The summed E-state index contributed by atoms with van der Waals surface area (Å²) in [6.45, 7) is 2.63. The van der Waals surface area contributed by atoms with E-state index in [0.29, 0.717) is 11.6 Å². The summed E-state index contributed by atoms with van der Waals surface area (Å²) in [7, 11) is -3.22. The van der Waals surface area contributed by atoms with Gasteiger partial charge in [-0.1, -0.05) is 0 Å². The zero-order valence-electron chi connectivity index (χ0n) is 13.5. The molecule has 6 heteroatoms. The molecule has 5 nitrogen and oxygen atoms in total. The van der Waals surface area contributed by atoms with E-state index < -0.39 is 9.84 Å². The van der Waals surface area contributed by atoms with Crippen molar-refractivity contribution in [3.05, 3.63) is 29.8 Å². The summed E-state index contributed by atoms with van der Waals surface area (Å²) in [6.07, 6.45) is 5.85. The Hall–Kier alpha value is -1.40. The number of likely N-dealkylation sites (tertiary alicyclic amines) is 1. The molecule has 0 spiro atoms. The van der Waals surface area contributed by atoms with Crippen LogP contribution >= 0.6 is 0 Å². The van der Waals surface area contributed by atoms with E-state index in [1.54, 1.807) is 12.1 Å². The number of nitrogens with one attached hydrogen (secondary N) is 1. The SMILES string of the molecule is CS(=O)(=O)c1ccc(C(=O)N2CCC(NCC3CC3)CC2)cc1. The number of carbonyl (C=O) groups is 1. The number of hydrogen-bond donors (Lipinski definition) is 1. The Balaban J connectivity index is 1.54. The number of nitrogens with zero attached hydrogens (tertiary/aromatic N) is 1. The summed E-state index contributed by atoms with van der Waals surface area (Å²) < 4.78 is 22.9. The van der Waals surface area contributed by atoms with Crippen molar-refractivity contribution in [2.24, 2.45) is 5.92 Å². The fourth-order valence-electron chi connectivity index (χ4n) is 2.97. The van der Waals surface area contributed by atoms with Gasteiger partial charge in [0, 0.05) is 31.0 Å². The highest BCUT2D eigenvalue weighted by molar-refractivity contribution is 7.90. The molecule has 1 saturated carbocycles. The number of rotatable bonds is 5. The van der Waals surface area contributed by atoms with Gasteiger partial charge in [0.05, 0.1) is 4.90 Å². The Labute approximate surface area is 138 Å². The van der Waals surface area contributed by atoms with Crippen LogP contribution in [-0.2, 0) is 9.84 Å². The quantitative estimate of drug-likeness (QED) is 0.889. The van der Waals surface area contributed by atoms with Gasteiger partial charge in [-0.2, -0.15) is 0 Å². The van der Waals surface area contributed by atoms with Crippen LogP contribution in [0.15, 0.2) is 29.2 Å². The van der Waals surface area contributed by atoms with Crippen LogP contribution < -0.4 is 5.32 Å². The second kappa shape index (κ2) is 6.61. The third kappa shape index (κ3) is 4.32. The molecule has 1 aliphatic heterocycles. The van der Waals surface area contributed by atoms with Crippen molar-refractivity contribution < 1.29 is 13.2 Å². The molecule has 23 heavy (non-hydrogen) atoms. The van der Waals surface area contributed by atoms with Crippen LogP contribution in [0, 0.1) is 5.92 Å². The number of hydrogen-bond acceptors (Lipinski definition) is 4. The predicted molar refractivity (Wildman–Crippen MR) is 89.2 cm³/mol. The molecule has 1 N–H and O–H groups in total. The van der Waals surface area contributed by atoms with E-state index >= 15 is 0 Å². The molecule has 0 aromatic heterocycles. The minimum atomic E-state index is -3.22. The molecular weight excluding hydrogens is 312 g/mol. The van der Waals surface area contributed by atoms with E-state index in [9.17, 15) is 13.2 Å². The second-order valence-corrected chi connectivity index (χ2v) is 8.73. The van der Waals surface area contributed by atoms with Crippen molar-refractivity contribution >= 4 is 15.7 Å². The highest BCUT2D eigenvalue weighted by Gasteiger charge is 2.26. The minimum absolute atomic E-state index is 0.00862. The van der Waals surface area contributed by atoms with Crippen molar-refractivity contribution in [3.63, 3.8) is 0 Å². The fourth-order valence-corrected chi connectivity index (χ4v) is 3.60. The summed E-state index contributed by atoms with van der Waals surface area (Å²) in [5.74, 6) is 0.869. The van der Waals surface area contributed by atoms with Crippen LogP contribution in [0.3, 0.4) is 0 Å². The third-order valence-electron chi connectivity index (χ3n) is 4.70. The van der Waals surface area contributed by atoms with Gasteiger partial charge in [0.1, 0.15) is 0 Å². The normalized spacial score (nSPS) is 19.8. The number of sulfone groups is 1. The zero-order valence-corrected chi connectivity index (χ0v) is 14.3. The maximum absolute atomic E-state index is 12.5. The molecule has 1 aromatic carbocycles. The Bertz CT molecular complexity index is 658. The zero-order chi connectivity index (χ0) is 16.4. The van der Waals surface area contributed by atoms with E-state index in [-0.39, 0.29) is 10.8 Å². The molecule has 2 aliphatic rings. The second-order valence-electron chi connectivity index (χ2n) is 6.71. The standard InChI is InChI=1S/C17H24N2O3S/c1-23(21,22)16-6-4-14(5-7-16)17(20)19-10-8-15(9-11-19)18-12-13-2-3-13/h4-7,13,15,18H,2-3,8-12H2,1H3. The van der Waals surface area contributed by atoms with E-state index in [2.05, 4.69) is 5.32 Å². The lowest BCUT2D eigenvalue weighted by Crippen LogP contribution is -2.45. The van der Waals surface area contributed by atoms with Crippen LogP contribution in [-0.4, -0.2) is 51.2 Å². The molecule has 126 valence electrons. The Morgan fingerprint density at radius 1 is 1.13 bits per heavy atom. The summed E-state index contributed by atoms with van der Waals surface area (Å²) in [5, 5.41) is 3.60. The average Bonchev–Trinajstić information content (AvgIpc) is 3.36. The van der Waals surface area contributed by atoms with Gasteiger partial charge in [-0.3, -0.25) is 4.79 Å². The van der Waals surface area contributed by atoms with Gasteiger partial charge in [0.25, 0.3) is 5.91 Å². The van der Waals surface area contributed by atoms with Crippen molar-refractivity contribution in [1.82, 2.24) is 10.2 Å². The van der Waals surface area contributed by atoms with Gasteiger partial charge in [-0.05, 0) is 62.4 Å². The highest BCUT2D eigenvalue weighted by Crippen LogP contribution is 2.28. The molecule has 3 rings (SSSR count). The minimum Gasteiger partial charge on any atom is -0.339 e. The lowest BCUT2D eigenvalue weighted by atomic mass is 10.0. The topological polar surface area (TPSA) is 66.5 Å². The molecule has 0 atom stereocenters. The van der Waals surface area contributed by atoms with E-state index in [1.165, 1.54) is 31.2 Å². The molecule has 0 radical (unpaired) electrons. The van der Waals surface area contributed by atoms with Crippen LogP contribution in [0.4, 0.5) is 0 Å². The van der Waals surface area contributed by atoms with Crippen LogP contribution in [0.1, 0.15) is 36.0 Å². The number of benzene rings is 1. The lowest BCUT2D eigenvalue weighted by molar-refractivity contribution is 0.0705. The first-order valence-electron chi connectivity index (χ1n) is 8.26. The molecule has 0 unspecified atom stereocenters. The largest absolute Gasteiger partial charge is 0.339 e. The van der Waals surface area contributed by atoms with Gasteiger partial charge in [-0.15, -0.1) is 0 Å². The van der Waals surface area contributed by atoms with E-state index in [0.717, 1.165) is 38.4 Å². The number of carbonyl (C=O) groups excluding carboxylic acids is 1. The molecule has 0 bridgehead atoms. The Kier molecular flexibility index (Phi) is 4.73. The van der Waals surface area contributed by atoms with Gasteiger partial charge < -0.3 is 10.2 Å². The van der Waals surface area contributed by atoms with E-state index in [4.69, 9.17) is 0 Å². The summed E-state index contributed by atoms with van der Waals surface area (Å²) in [6, 6.07) is 6.75. The highest BCUT2D eigenvalue weighted by atomic mass is 32.2. The summed E-state index contributed by atoms with van der Waals surface area (Å²) in [5.41, 5.74) is 0.557. The number of piperidine rings is 1. The first kappa shape index (κ1) is 16.5. The predicted octanol–water partition coefficient (Wildman–Crippen LogP) is 1.69. The molecule has 1 saturated heterocycles. The molecular formula is C17H24N2O3S. The number of amides is 1. The molecule has 1 amide bonds. The average molecular weight is 336 g/mol. The summed E-state index contributed by atoms with van der Waals surface area (Å²) in [4.78, 5) is 14.6. The maximum atomic E-state index is 12.5. The third-order valence-corrected chi connectivity index (χ3v) is 5.83. The Morgan fingerprint density at radius 2 is 1.74 bits per heavy atom. The van der Waals surface area contributed by atoms with E-state index in [1.807, 2.05) is 4.90 Å². The molecule has 1 aliphatic carbocycles. The van der Waals surface area contributed by atoms with Gasteiger partial charge in [0.2, 0.25) is 0 Å². The summed E-state index contributed by atoms with van der Waals surface area (Å²) >= 11 is 0. The molecule has 1 heterocycles. The van der Waals surface area contributed by atoms with Crippen LogP contribution in [0.5, 0.6) is 0 Å². The first-order valence-corrected chi connectivity index (χ1v) is 10.2. The van der Waals surface area contributed by atoms with Crippen LogP contribution in [0.2, 0.25) is 0 Å². The van der Waals surface area contributed by atoms with Crippen molar-refractivity contribution in [1.29, 1.82) is 0 Å².